The average molecular weight is 532 g/mol. The molecule has 0 unspecified atom stereocenters. The third-order valence-corrected chi connectivity index (χ3v) is 6.51. The Morgan fingerprint density at radius 1 is 0.829 bits per heavy atom. The van der Waals surface area contributed by atoms with E-state index in [-0.39, 0.29) is 30.7 Å². The third kappa shape index (κ3) is 8.28. The van der Waals surface area contributed by atoms with Crippen molar-refractivity contribution in [3.05, 3.63) is 105 Å². The van der Waals surface area contributed by atoms with Gasteiger partial charge >= 0.3 is 0 Å². The van der Waals surface area contributed by atoms with Crippen molar-refractivity contribution in [2.24, 2.45) is 5.92 Å². The minimum absolute atomic E-state index is 0.116. The molecule has 0 saturated heterocycles. The molecule has 3 aromatic carbocycles. The summed E-state index contributed by atoms with van der Waals surface area (Å²) in [6.07, 6.45) is 0.498. The lowest BCUT2D eigenvalue weighted by molar-refractivity contribution is -0.140. The number of nitrogens with zero attached hydrogens (tertiary/aromatic N) is 1. The molecule has 0 aliphatic rings. The molecule has 0 fully saturated rings. The van der Waals surface area contributed by atoms with Gasteiger partial charge in [-0.15, -0.1) is 0 Å². The van der Waals surface area contributed by atoms with Gasteiger partial charge in [0.05, 0.1) is 16.5 Å². The zero-order valence-electron chi connectivity index (χ0n) is 19.8. The van der Waals surface area contributed by atoms with E-state index < -0.39 is 6.04 Å². The van der Waals surface area contributed by atoms with E-state index in [1.54, 1.807) is 29.2 Å². The van der Waals surface area contributed by atoms with E-state index in [2.05, 4.69) is 5.32 Å². The van der Waals surface area contributed by atoms with Crippen LogP contribution in [0.4, 0.5) is 0 Å². The van der Waals surface area contributed by atoms with E-state index in [4.69, 9.17) is 34.8 Å². The van der Waals surface area contributed by atoms with Crippen molar-refractivity contribution in [1.29, 1.82) is 0 Å². The Morgan fingerprint density at radius 2 is 1.54 bits per heavy atom. The van der Waals surface area contributed by atoms with Crippen LogP contribution in [0.5, 0.6) is 0 Å². The van der Waals surface area contributed by atoms with Crippen LogP contribution in [0.15, 0.2) is 72.8 Å². The van der Waals surface area contributed by atoms with Crippen LogP contribution in [0.1, 0.15) is 30.5 Å². The fraction of sp³-hybridized carbons (Fsp3) is 0.286. The number of carbonyl (C=O) groups is 2. The summed E-state index contributed by atoms with van der Waals surface area (Å²) in [7, 11) is 0. The minimum Gasteiger partial charge on any atom is -0.354 e. The molecule has 0 heterocycles. The molecular weight excluding hydrogens is 503 g/mol. The van der Waals surface area contributed by atoms with Gasteiger partial charge in [-0.3, -0.25) is 9.59 Å². The first-order valence-electron chi connectivity index (χ1n) is 11.5. The van der Waals surface area contributed by atoms with E-state index in [1.807, 2.05) is 62.4 Å². The molecule has 1 atom stereocenters. The fourth-order valence-corrected chi connectivity index (χ4v) is 4.27. The second kappa shape index (κ2) is 13.0. The SMILES string of the molecule is CC(C)CNC(=O)[C@H](Cc1ccccc1)N(Cc1ccc(Cl)c(Cl)c1)C(=O)Cc1cccc(Cl)c1. The lowest BCUT2D eigenvalue weighted by atomic mass is 10.0. The highest BCUT2D eigenvalue weighted by atomic mass is 35.5. The maximum atomic E-state index is 13.7. The molecule has 0 aromatic heterocycles. The van der Waals surface area contributed by atoms with Crippen molar-refractivity contribution in [1.82, 2.24) is 10.2 Å². The number of hydrogen-bond acceptors (Lipinski definition) is 2. The van der Waals surface area contributed by atoms with E-state index in [9.17, 15) is 9.59 Å². The summed E-state index contributed by atoms with van der Waals surface area (Å²) in [6.45, 7) is 4.80. The molecule has 4 nitrogen and oxygen atoms in total. The highest BCUT2D eigenvalue weighted by Gasteiger charge is 2.30. The first kappa shape index (κ1) is 27.1. The van der Waals surface area contributed by atoms with Gasteiger partial charge < -0.3 is 10.2 Å². The standard InChI is InChI=1S/C28H29Cl3N2O2/c1-19(2)17-32-28(35)26(15-20-7-4-3-5-8-20)33(18-22-11-12-24(30)25(31)14-22)27(34)16-21-9-6-10-23(29)13-21/h3-14,19,26H,15-18H2,1-2H3,(H,32,35)/t26-/m0/s1. The number of nitrogens with one attached hydrogen (secondary N) is 1. The molecule has 0 aliphatic carbocycles. The van der Waals surface area contributed by atoms with Crippen molar-refractivity contribution >= 4 is 46.6 Å². The lowest BCUT2D eigenvalue weighted by Crippen LogP contribution is -2.51. The van der Waals surface area contributed by atoms with Crippen LogP contribution in [0.2, 0.25) is 15.1 Å². The van der Waals surface area contributed by atoms with E-state index in [0.717, 1.165) is 16.7 Å². The number of amides is 2. The molecule has 0 spiro atoms. The molecule has 0 saturated carbocycles. The van der Waals surface area contributed by atoms with Gasteiger partial charge in [-0.1, -0.05) is 97.2 Å². The Hall–Kier alpha value is -2.53. The molecule has 184 valence electrons. The predicted molar refractivity (Wildman–Crippen MR) is 144 cm³/mol. The summed E-state index contributed by atoms with van der Waals surface area (Å²) in [4.78, 5) is 28.8. The molecule has 2 amide bonds. The van der Waals surface area contributed by atoms with E-state index in [0.29, 0.717) is 28.0 Å². The van der Waals surface area contributed by atoms with Crippen molar-refractivity contribution in [2.75, 3.05) is 6.54 Å². The number of rotatable bonds is 10. The quantitative estimate of drug-likeness (QED) is 0.320. The largest absolute Gasteiger partial charge is 0.354 e. The zero-order valence-corrected chi connectivity index (χ0v) is 22.1. The monoisotopic (exact) mass is 530 g/mol. The second-order valence-electron chi connectivity index (χ2n) is 8.92. The van der Waals surface area contributed by atoms with Crippen LogP contribution >= 0.6 is 34.8 Å². The fourth-order valence-electron chi connectivity index (χ4n) is 3.73. The summed E-state index contributed by atoms with van der Waals surface area (Å²) in [6, 6.07) is 21.4. The van der Waals surface area contributed by atoms with Gasteiger partial charge in [-0.25, -0.2) is 0 Å². The van der Waals surface area contributed by atoms with Crippen molar-refractivity contribution in [3.63, 3.8) is 0 Å². The maximum absolute atomic E-state index is 13.7. The van der Waals surface area contributed by atoms with Gasteiger partial charge in [0.25, 0.3) is 0 Å². The second-order valence-corrected chi connectivity index (χ2v) is 10.2. The highest BCUT2D eigenvalue weighted by molar-refractivity contribution is 6.42. The summed E-state index contributed by atoms with van der Waals surface area (Å²) in [5, 5.41) is 4.40. The van der Waals surface area contributed by atoms with Crippen LogP contribution in [0.3, 0.4) is 0 Å². The summed E-state index contributed by atoms with van der Waals surface area (Å²) >= 11 is 18.5. The number of hydrogen-bond donors (Lipinski definition) is 1. The Bertz CT molecular complexity index is 1150. The van der Waals surface area contributed by atoms with Crippen LogP contribution in [0.25, 0.3) is 0 Å². The van der Waals surface area contributed by atoms with Crippen LogP contribution in [-0.4, -0.2) is 29.3 Å². The van der Waals surface area contributed by atoms with Gasteiger partial charge in [0.2, 0.25) is 11.8 Å². The van der Waals surface area contributed by atoms with Crippen molar-refractivity contribution < 1.29 is 9.59 Å². The molecule has 1 N–H and O–H groups in total. The minimum atomic E-state index is -0.711. The molecular formula is C28H29Cl3N2O2. The van der Waals surface area contributed by atoms with E-state index in [1.165, 1.54) is 0 Å². The van der Waals surface area contributed by atoms with Gasteiger partial charge in [-0.05, 0) is 46.9 Å². The average Bonchev–Trinajstić information content (AvgIpc) is 2.82. The normalized spacial score (nSPS) is 11.8. The number of carbonyl (C=O) groups excluding carboxylic acids is 2. The van der Waals surface area contributed by atoms with Gasteiger partial charge in [0.1, 0.15) is 6.04 Å². The Morgan fingerprint density at radius 3 is 2.20 bits per heavy atom. The number of benzene rings is 3. The van der Waals surface area contributed by atoms with Gasteiger partial charge in [-0.2, -0.15) is 0 Å². The molecule has 3 aromatic rings. The Balaban J connectivity index is 1.97. The highest BCUT2D eigenvalue weighted by Crippen LogP contribution is 2.25. The predicted octanol–water partition coefficient (Wildman–Crippen LogP) is 6.60. The molecule has 35 heavy (non-hydrogen) atoms. The first-order valence-corrected chi connectivity index (χ1v) is 12.7. The van der Waals surface area contributed by atoms with Crippen molar-refractivity contribution in [3.8, 4) is 0 Å². The lowest BCUT2D eigenvalue weighted by Gasteiger charge is -2.32. The maximum Gasteiger partial charge on any atom is 0.243 e. The zero-order chi connectivity index (χ0) is 25.4. The molecule has 7 heteroatoms. The van der Waals surface area contributed by atoms with Crippen LogP contribution < -0.4 is 5.32 Å². The van der Waals surface area contributed by atoms with Crippen LogP contribution in [-0.2, 0) is 29.0 Å². The molecule has 0 aliphatic heterocycles. The molecule has 0 radical (unpaired) electrons. The molecule has 3 rings (SSSR count). The smallest absolute Gasteiger partial charge is 0.243 e. The third-order valence-electron chi connectivity index (χ3n) is 5.54. The van der Waals surface area contributed by atoms with E-state index >= 15 is 0 Å². The topological polar surface area (TPSA) is 49.4 Å². The Labute approximate surface area is 222 Å². The summed E-state index contributed by atoms with van der Waals surface area (Å²) in [5.74, 6) is -0.0944. The van der Waals surface area contributed by atoms with Gasteiger partial charge in [0.15, 0.2) is 0 Å². The Kier molecular flexibility index (Phi) is 10.0. The van der Waals surface area contributed by atoms with Crippen molar-refractivity contribution in [2.45, 2.75) is 39.3 Å². The molecule has 0 bridgehead atoms. The summed E-state index contributed by atoms with van der Waals surface area (Å²) < 4.78 is 0. The first-order chi connectivity index (χ1) is 16.7. The number of halogens is 3. The van der Waals surface area contributed by atoms with Crippen LogP contribution in [0, 0.1) is 5.92 Å². The summed E-state index contributed by atoms with van der Waals surface area (Å²) in [5.41, 5.74) is 2.53. The van der Waals surface area contributed by atoms with Gasteiger partial charge in [0, 0.05) is 24.5 Å².